The lowest BCUT2D eigenvalue weighted by molar-refractivity contribution is 0.0957. The Balaban J connectivity index is 1.59. The number of aromatic nitrogens is 4. The summed E-state index contributed by atoms with van der Waals surface area (Å²) in [4.78, 5) is 31.9. The van der Waals surface area contributed by atoms with E-state index in [0.29, 0.717) is 19.6 Å². The Morgan fingerprint density at radius 3 is 2.73 bits per heavy atom. The van der Waals surface area contributed by atoms with Crippen molar-refractivity contribution in [2.24, 2.45) is 0 Å². The van der Waals surface area contributed by atoms with Crippen molar-refractivity contribution in [3.63, 3.8) is 0 Å². The fraction of sp³-hybridized carbons (Fsp3) is 0.355. The van der Waals surface area contributed by atoms with Gasteiger partial charge in [0.05, 0.1) is 39.4 Å². The predicted octanol–water partition coefficient (Wildman–Crippen LogP) is 6.96. The van der Waals surface area contributed by atoms with Gasteiger partial charge in [0.1, 0.15) is 0 Å². The highest BCUT2D eigenvalue weighted by Gasteiger charge is 2.27. The van der Waals surface area contributed by atoms with Gasteiger partial charge in [0.25, 0.3) is 5.91 Å². The molecule has 4 rings (SSSR count). The molecule has 0 saturated carbocycles. The second-order valence-electron chi connectivity index (χ2n) is 9.96. The summed E-state index contributed by atoms with van der Waals surface area (Å²) in [6, 6.07) is 4.39. The van der Waals surface area contributed by atoms with Crippen LogP contribution >= 0.6 is 23.2 Å². The van der Waals surface area contributed by atoms with Crippen LogP contribution in [0, 0.1) is 6.92 Å². The number of halogens is 2. The zero-order valence-electron chi connectivity index (χ0n) is 23.1. The van der Waals surface area contributed by atoms with Crippen molar-refractivity contribution in [1.29, 1.82) is 0 Å². The van der Waals surface area contributed by atoms with Crippen LogP contribution in [0.2, 0.25) is 10.0 Å². The molecular formula is C31H36Cl2N6O. The topological polar surface area (TPSA) is 86.8 Å². The summed E-state index contributed by atoms with van der Waals surface area (Å²) in [5, 5.41) is 3.39. The number of H-pyrrole nitrogens is 1. The zero-order chi connectivity index (χ0) is 28.5. The molecule has 0 saturated heterocycles. The highest BCUT2D eigenvalue weighted by Crippen LogP contribution is 2.33. The van der Waals surface area contributed by atoms with E-state index in [0.717, 1.165) is 60.3 Å². The molecule has 0 bridgehead atoms. The van der Waals surface area contributed by atoms with Crippen molar-refractivity contribution >= 4 is 29.1 Å². The van der Waals surface area contributed by atoms with Crippen LogP contribution in [-0.2, 0) is 13.0 Å². The van der Waals surface area contributed by atoms with E-state index >= 15 is 0 Å². The van der Waals surface area contributed by atoms with Gasteiger partial charge in [0.2, 0.25) is 0 Å². The number of pyridine rings is 2. The molecule has 40 heavy (non-hydrogen) atoms. The third kappa shape index (κ3) is 7.47. The molecule has 0 spiro atoms. The molecule has 1 atom stereocenters. The Morgan fingerprint density at radius 2 is 2.02 bits per heavy atom. The molecule has 0 fully saturated rings. The van der Waals surface area contributed by atoms with Crippen molar-refractivity contribution in [2.75, 3.05) is 13.1 Å². The Bertz CT molecular complexity index is 1380. The van der Waals surface area contributed by atoms with E-state index in [1.54, 1.807) is 6.33 Å². The molecule has 210 valence electrons. The molecule has 0 aliphatic heterocycles. The quantitative estimate of drug-likeness (QED) is 0.189. The van der Waals surface area contributed by atoms with Crippen LogP contribution < -0.4 is 5.32 Å². The van der Waals surface area contributed by atoms with Gasteiger partial charge < -0.3 is 10.3 Å². The van der Waals surface area contributed by atoms with Crippen LogP contribution in [0.25, 0.3) is 0 Å². The number of carbonyl (C=O) groups excluding carboxylic acids is 1. The highest BCUT2D eigenvalue weighted by atomic mass is 35.5. The van der Waals surface area contributed by atoms with E-state index in [2.05, 4.69) is 63.8 Å². The first-order chi connectivity index (χ1) is 19.4. The first kappa shape index (κ1) is 29.7. The average Bonchev–Trinajstić information content (AvgIpc) is 3.22. The molecule has 9 heteroatoms. The number of allylic oxidation sites excluding steroid dienone is 1. The predicted molar refractivity (Wildman–Crippen MR) is 162 cm³/mol. The minimum Gasteiger partial charge on any atom is -0.348 e. The van der Waals surface area contributed by atoms with E-state index in [-0.39, 0.29) is 27.6 Å². The standard InChI is InChI=1S/C31H36Cl2N6O/c1-4-9-23(15-36-31(40)29-25(32)16-34-17-26(29)33)14-22(5-2)18-39(19-27-21(3)37-20-38-27)28-12-7-6-10-24-11-8-13-35-30(24)28/h5,8-9,11,13-14,16-17,20,28H,2,4,6-7,10,12,15,18-19H2,1,3H3,(H,36,40)(H,37,38)/b22-14+,23-9+. The third-order valence-corrected chi connectivity index (χ3v) is 7.74. The van der Waals surface area contributed by atoms with Crippen LogP contribution in [0.15, 0.2) is 73.0 Å². The smallest absolute Gasteiger partial charge is 0.254 e. The lowest BCUT2D eigenvalue weighted by Crippen LogP contribution is -2.31. The number of hydrogen-bond donors (Lipinski definition) is 2. The van der Waals surface area contributed by atoms with Crippen molar-refractivity contribution in [1.82, 2.24) is 30.2 Å². The Labute approximate surface area is 246 Å². The van der Waals surface area contributed by atoms with Gasteiger partial charge in [-0.15, -0.1) is 0 Å². The first-order valence-corrected chi connectivity index (χ1v) is 14.4. The fourth-order valence-corrected chi connectivity index (χ4v) is 5.64. The Kier molecular flexibility index (Phi) is 10.7. The SMILES string of the molecule is C=C/C(=C\C(=C/CC)CNC(=O)c1c(Cl)cncc1Cl)CN(Cc1nc[nH]c1C)C1CCCCc2cccnc21. The minimum atomic E-state index is -0.343. The van der Waals surface area contributed by atoms with Gasteiger partial charge in [0.15, 0.2) is 0 Å². The molecule has 7 nitrogen and oxygen atoms in total. The summed E-state index contributed by atoms with van der Waals surface area (Å²) in [5.41, 5.74) is 6.80. The molecule has 1 aliphatic carbocycles. The summed E-state index contributed by atoms with van der Waals surface area (Å²) in [6.07, 6.45) is 17.8. The number of aryl methyl sites for hydroxylation is 2. The molecule has 3 aromatic heterocycles. The number of carbonyl (C=O) groups is 1. The number of aromatic amines is 1. The zero-order valence-corrected chi connectivity index (χ0v) is 24.6. The molecule has 3 heterocycles. The van der Waals surface area contributed by atoms with Gasteiger partial charge in [0, 0.05) is 43.9 Å². The maximum Gasteiger partial charge on any atom is 0.254 e. The van der Waals surface area contributed by atoms with Gasteiger partial charge in [-0.25, -0.2) is 4.98 Å². The summed E-state index contributed by atoms with van der Waals surface area (Å²) in [5.74, 6) is -0.343. The number of amides is 1. The van der Waals surface area contributed by atoms with Crippen LogP contribution in [0.5, 0.6) is 0 Å². The number of rotatable bonds is 11. The maximum absolute atomic E-state index is 12.9. The monoisotopic (exact) mass is 578 g/mol. The second kappa shape index (κ2) is 14.4. The first-order valence-electron chi connectivity index (χ1n) is 13.7. The molecule has 2 N–H and O–H groups in total. The number of nitrogens with zero attached hydrogens (tertiary/aromatic N) is 4. The minimum absolute atomic E-state index is 0.160. The maximum atomic E-state index is 12.9. The summed E-state index contributed by atoms with van der Waals surface area (Å²) >= 11 is 12.4. The van der Waals surface area contributed by atoms with E-state index in [1.807, 2.05) is 18.3 Å². The van der Waals surface area contributed by atoms with Crippen molar-refractivity contribution < 1.29 is 4.79 Å². The lowest BCUT2D eigenvalue weighted by Gasteiger charge is -2.32. The van der Waals surface area contributed by atoms with Gasteiger partial charge in [-0.2, -0.15) is 0 Å². The highest BCUT2D eigenvalue weighted by molar-refractivity contribution is 6.39. The fourth-order valence-electron chi connectivity index (χ4n) is 5.11. The third-order valence-electron chi connectivity index (χ3n) is 7.16. The van der Waals surface area contributed by atoms with E-state index in [1.165, 1.54) is 18.0 Å². The van der Waals surface area contributed by atoms with E-state index < -0.39 is 0 Å². The van der Waals surface area contributed by atoms with E-state index in [9.17, 15) is 4.79 Å². The molecular weight excluding hydrogens is 543 g/mol. The number of hydrogen-bond acceptors (Lipinski definition) is 5. The molecule has 3 aromatic rings. The largest absolute Gasteiger partial charge is 0.348 e. The summed E-state index contributed by atoms with van der Waals surface area (Å²) in [6.45, 7) is 9.92. The van der Waals surface area contributed by atoms with Crippen molar-refractivity contribution in [3.05, 3.63) is 111 Å². The normalized spacial score (nSPS) is 16.0. The van der Waals surface area contributed by atoms with Crippen LogP contribution in [0.4, 0.5) is 0 Å². The van der Waals surface area contributed by atoms with Crippen LogP contribution in [-0.4, -0.2) is 43.8 Å². The van der Waals surface area contributed by atoms with Crippen LogP contribution in [0.3, 0.4) is 0 Å². The molecule has 1 unspecified atom stereocenters. The molecule has 1 aliphatic rings. The number of nitrogens with one attached hydrogen (secondary N) is 2. The van der Waals surface area contributed by atoms with Gasteiger partial charge in [-0.3, -0.25) is 19.7 Å². The van der Waals surface area contributed by atoms with Crippen molar-refractivity contribution in [3.8, 4) is 0 Å². The number of fused-ring (bicyclic) bond motifs is 1. The Morgan fingerprint density at radius 1 is 1.23 bits per heavy atom. The molecule has 1 amide bonds. The summed E-state index contributed by atoms with van der Waals surface area (Å²) in [7, 11) is 0. The Hall–Kier alpha value is -3.26. The van der Waals surface area contributed by atoms with Gasteiger partial charge >= 0.3 is 0 Å². The van der Waals surface area contributed by atoms with Gasteiger partial charge in [-0.1, -0.05) is 67.4 Å². The van der Waals surface area contributed by atoms with Gasteiger partial charge in [-0.05, 0) is 55.4 Å². The molecule has 0 aromatic carbocycles. The number of imidazole rings is 1. The van der Waals surface area contributed by atoms with Crippen molar-refractivity contribution in [2.45, 2.75) is 58.5 Å². The lowest BCUT2D eigenvalue weighted by atomic mass is 10.0. The summed E-state index contributed by atoms with van der Waals surface area (Å²) < 4.78 is 0. The van der Waals surface area contributed by atoms with E-state index in [4.69, 9.17) is 28.2 Å². The average molecular weight is 580 g/mol. The van der Waals surface area contributed by atoms with Crippen LogP contribution in [0.1, 0.15) is 71.7 Å². The second-order valence-corrected chi connectivity index (χ2v) is 10.8. The molecule has 0 radical (unpaired) electrons.